The molecule has 2 aromatic rings. The molecule has 0 spiro atoms. The second-order valence-electron chi connectivity index (χ2n) is 8.19. The molecule has 7 nitrogen and oxygen atoms in total. The van der Waals surface area contributed by atoms with Crippen LogP contribution < -0.4 is 5.32 Å². The Morgan fingerprint density at radius 3 is 2.66 bits per heavy atom. The van der Waals surface area contributed by atoms with Gasteiger partial charge in [0, 0.05) is 44.7 Å². The van der Waals surface area contributed by atoms with E-state index in [2.05, 4.69) is 17.3 Å². The molecule has 1 saturated heterocycles. The molecule has 0 radical (unpaired) electrons. The van der Waals surface area contributed by atoms with Crippen molar-refractivity contribution in [3.05, 3.63) is 46.4 Å². The molecule has 0 saturated carbocycles. The van der Waals surface area contributed by atoms with E-state index in [0.29, 0.717) is 18.0 Å². The summed E-state index contributed by atoms with van der Waals surface area (Å²) in [7, 11) is 0.472. The van der Waals surface area contributed by atoms with Gasteiger partial charge in [0.15, 0.2) is 0 Å². The van der Waals surface area contributed by atoms with Crippen LogP contribution in [0.4, 0.5) is 5.82 Å². The van der Waals surface area contributed by atoms with Crippen LogP contribution in [0.5, 0.6) is 0 Å². The molecule has 1 fully saturated rings. The number of hydrogen-bond donors (Lipinski definition) is 1. The summed E-state index contributed by atoms with van der Waals surface area (Å²) in [5, 5.41) is 3.21. The number of fused-ring (bicyclic) bond motifs is 1. The van der Waals surface area contributed by atoms with Crippen molar-refractivity contribution >= 4 is 15.8 Å². The van der Waals surface area contributed by atoms with Gasteiger partial charge in [-0.1, -0.05) is 6.07 Å². The van der Waals surface area contributed by atoms with Crippen molar-refractivity contribution in [1.82, 2.24) is 19.2 Å². The molecule has 29 heavy (non-hydrogen) atoms. The standard InChI is InChI=1S/C21H29N5O2S/c1-14-5-6-17(11-15(14)2)29(27,28)26-10-7-16(12-26)20-23-19-13-25(4)9-8-18(19)21(22-3)24-20/h5-6,11,16H,7-10,12-13H2,1-4H3,(H,22,23,24). The summed E-state index contributed by atoms with van der Waals surface area (Å²) >= 11 is 0. The van der Waals surface area contributed by atoms with Gasteiger partial charge in [-0.3, -0.25) is 0 Å². The largest absolute Gasteiger partial charge is 0.373 e. The molecule has 0 bridgehead atoms. The molecule has 0 aliphatic carbocycles. The van der Waals surface area contributed by atoms with Gasteiger partial charge in [0.2, 0.25) is 10.0 Å². The Bertz CT molecular complexity index is 1040. The molecule has 1 aromatic heterocycles. The Labute approximate surface area is 173 Å². The number of benzene rings is 1. The summed E-state index contributed by atoms with van der Waals surface area (Å²) in [6, 6.07) is 5.34. The lowest BCUT2D eigenvalue weighted by atomic mass is 10.0. The zero-order chi connectivity index (χ0) is 20.8. The number of sulfonamides is 1. The molecular weight excluding hydrogens is 386 g/mol. The lowest BCUT2D eigenvalue weighted by molar-refractivity contribution is 0.306. The fraction of sp³-hybridized carbons (Fsp3) is 0.524. The summed E-state index contributed by atoms with van der Waals surface area (Å²) in [4.78, 5) is 12.2. The van der Waals surface area contributed by atoms with Crippen LogP contribution in [0.3, 0.4) is 0 Å². The molecule has 1 atom stereocenters. The van der Waals surface area contributed by atoms with Crippen LogP contribution in [0.25, 0.3) is 0 Å². The Morgan fingerprint density at radius 2 is 1.93 bits per heavy atom. The summed E-state index contributed by atoms with van der Waals surface area (Å²) in [5.74, 6) is 1.65. The maximum Gasteiger partial charge on any atom is 0.243 e. The van der Waals surface area contributed by atoms with Crippen molar-refractivity contribution in [2.45, 2.75) is 44.0 Å². The third-order valence-electron chi connectivity index (χ3n) is 6.14. The van der Waals surface area contributed by atoms with Gasteiger partial charge in [-0.25, -0.2) is 18.4 Å². The second-order valence-corrected chi connectivity index (χ2v) is 10.1. The SMILES string of the molecule is CNc1nc(C2CCN(S(=O)(=O)c3ccc(C)c(C)c3)C2)nc2c1CCN(C)C2. The van der Waals surface area contributed by atoms with Crippen LogP contribution in [-0.2, 0) is 23.0 Å². The van der Waals surface area contributed by atoms with E-state index in [9.17, 15) is 8.42 Å². The van der Waals surface area contributed by atoms with E-state index in [4.69, 9.17) is 9.97 Å². The number of nitrogens with zero attached hydrogens (tertiary/aromatic N) is 4. The van der Waals surface area contributed by atoms with Gasteiger partial charge in [0.1, 0.15) is 11.6 Å². The van der Waals surface area contributed by atoms with Gasteiger partial charge in [-0.2, -0.15) is 4.31 Å². The van der Waals surface area contributed by atoms with Gasteiger partial charge in [0.25, 0.3) is 0 Å². The summed E-state index contributed by atoms with van der Waals surface area (Å²) < 4.78 is 27.9. The summed E-state index contributed by atoms with van der Waals surface area (Å²) in [5.41, 5.74) is 4.33. The van der Waals surface area contributed by atoms with E-state index in [1.165, 1.54) is 5.56 Å². The zero-order valence-electron chi connectivity index (χ0n) is 17.6. The van der Waals surface area contributed by atoms with E-state index < -0.39 is 10.0 Å². The predicted octanol–water partition coefficient (Wildman–Crippen LogP) is 2.30. The number of likely N-dealkylation sites (N-methyl/N-ethyl adjacent to an activating group) is 1. The highest BCUT2D eigenvalue weighted by Crippen LogP contribution is 2.32. The van der Waals surface area contributed by atoms with Crippen molar-refractivity contribution in [1.29, 1.82) is 0 Å². The van der Waals surface area contributed by atoms with Crippen molar-refractivity contribution in [3.8, 4) is 0 Å². The predicted molar refractivity (Wildman–Crippen MR) is 114 cm³/mol. The van der Waals surface area contributed by atoms with Crippen LogP contribution in [-0.4, -0.2) is 61.3 Å². The second kappa shape index (κ2) is 7.66. The van der Waals surface area contributed by atoms with Crippen LogP contribution in [0, 0.1) is 13.8 Å². The van der Waals surface area contributed by atoms with Crippen molar-refractivity contribution in [2.75, 3.05) is 39.0 Å². The minimum atomic E-state index is -3.51. The molecule has 0 amide bonds. The Morgan fingerprint density at radius 1 is 1.14 bits per heavy atom. The van der Waals surface area contributed by atoms with Gasteiger partial charge < -0.3 is 10.2 Å². The average molecular weight is 416 g/mol. The number of aromatic nitrogens is 2. The number of rotatable bonds is 4. The monoisotopic (exact) mass is 415 g/mol. The topological polar surface area (TPSA) is 78.4 Å². The quantitative estimate of drug-likeness (QED) is 0.826. The van der Waals surface area contributed by atoms with Crippen LogP contribution in [0.2, 0.25) is 0 Å². The normalized spacial score (nSPS) is 20.6. The highest BCUT2D eigenvalue weighted by molar-refractivity contribution is 7.89. The molecule has 1 N–H and O–H groups in total. The van der Waals surface area contributed by atoms with Crippen LogP contribution in [0.1, 0.15) is 40.5 Å². The molecule has 1 unspecified atom stereocenters. The maximum absolute atomic E-state index is 13.1. The molecule has 1 aromatic carbocycles. The minimum Gasteiger partial charge on any atom is -0.373 e. The van der Waals surface area contributed by atoms with Gasteiger partial charge >= 0.3 is 0 Å². The van der Waals surface area contributed by atoms with Gasteiger partial charge in [0.05, 0.1) is 10.6 Å². The minimum absolute atomic E-state index is 0.0148. The van der Waals surface area contributed by atoms with E-state index in [-0.39, 0.29) is 5.92 Å². The van der Waals surface area contributed by atoms with Crippen molar-refractivity contribution in [2.24, 2.45) is 0 Å². The zero-order valence-corrected chi connectivity index (χ0v) is 18.4. The van der Waals surface area contributed by atoms with Crippen LogP contribution >= 0.6 is 0 Å². The highest BCUT2D eigenvalue weighted by Gasteiger charge is 2.35. The average Bonchev–Trinajstić information content (AvgIpc) is 3.20. The molecule has 2 aliphatic heterocycles. The molecule has 156 valence electrons. The summed E-state index contributed by atoms with van der Waals surface area (Å²) in [6.45, 7) is 6.65. The first-order valence-corrected chi connectivity index (χ1v) is 11.6. The number of hydrogen-bond acceptors (Lipinski definition) is 6. The van der Waals surface area contributed by atoms with E-state index in [0.717, 1.165) is 54.4 Å². The number of anilines is 1. The van der Waals surface area contributed by atoms with Gasteiger partial charge in [-0.05, 0) is 57.0 Å². The van der Waals surface area contributed by atoms with Crippen molar-refractivity contribution in [3.63, 3.8) is 0 Å². The van der Waals surface area contributed by atoms with E-state index >= 15 is 0 Å². The first-order chi connectivity index (χ1) is 13.8. The number of nitrogens with one attached hydrogen (secondary N) is 1. The third kappa shape index (κ3) is 3.76. The molecule has 4 rings (SSSR count). The smallest absolute Gasteiger partial charge is 0.243 e. The van der Waals surface area contributed by atoms with Crippen molar-refractivity contribution < 1.29 is 8.42 Å². The Kier molecular flexibility index (Phi) is 5.35. The van der Waals surface area contributed by atoms with E-state index in [1.807, 2.05) is 27.0 Å². The molecular formula is C21H29N5O2S. The first-order valence-electron chi connectivity index (χ1n) is 10.1. The Hall–Kier alpha value is -2.03. The lowest BCUT2D eigenvalue weighted by Gasteiger charge is -2.26. The molecule has 3 heterocycles. The Balaban J connectivity index is 1.60. The lowest BCUT2D eigenvalue weighted by Crippen LogP contribution is -2.30. The maximum atomic E-state index is 13.1. The third-order valence-corrected chi connectivity index (χ3v) is 8.00. The van der Waals surface area contributed by atoms with Gasteiger partial charge in [-0.15, -0.1) is 0 Å². The molecule has 2 aliphatic rings. The fourth-order valence-corrected chi connectivity index (χ4v) is 5.74. The first kappa shape index (κ1) is 20.3. The molecule has 8 heteroatoms. The fourth-order valence-electron chi connectivity index (χ4n) is 4.15. The van der Waals surface area contributed by atoms with Crippen LogP contribution in [0.15, 0.2) is 23.1 Å². The highest BCUT2D eigenvalue weighted by atomic mass is 32.2. The summed E-state index contributed by atoms with van der Waals surface area (Å²) in [6.07, 6.45) is 1.67. The number of aryl methyl sites for hydroxylation is 2. The van der Waals surface area contributed by atoms with E-state index in [1.54, 1.807) is 16.4 Å².